The number of fused-ring (bicyclic) bond motifs is 1. The van der Waals surface area contributed by atoms with Gasteiger partial charge in [0.05, 0.1) is 19.9 Å². The van der Waals surface area contributed by atoms with Crippen molar-refractivity contribution >= 4 is 11.5 Å². The molecule has 7 nitrogen and oxygen atoms in total. The van der Waals surface area contributed by atoms with Crippen molar-refractivity contribution in [3.05, 3.63) is 35.5 Å². The SMILES string of the molecule is CCN(CC)CCNc1cc(C)nc2c(C)c(-c3ccc(OC)c(OC)c3)nn12. The third kappa shape index (κ3) is 4.29. The highest BCUT2D eigenvalue weighted by Crippen LogP contribution is 2.34. The highest BCUT2D eigenvalue weighted by atomic mass is 16.5. The molecule has 7 heteroatoms. The van der Waals surface area contributed by atoms with Gasteiger partial charge in [-0.25, -0.2) is 4.98 Å². The second-order valence-electron chi connectivity index (χ2n) is 7.02. The molecule has 0 unspecified atom stereocenters. The Hall–Kier alpha value is -2.80. The number of aryl methyl sites for hydroxylation is 2. The van der Waals surface area contributed by atoms with Crippen molar-refractivity contribution in [2.75, 3.05) is 45.7 Å². The molecular formula is C22H31N5O2. The maximum Gasteiger partial charge on any atom is 0.161 e. The molecule has 0 radical (unpaired) electrons. The zero-order valence-electron chi connectivity index (χ0n) is 18.2. The maximum atomic E-state index is 5.46. The molecule has 0 aliphatic heterocycles. The predicted octanol–water partition coefficient (Wildman–Crippen LogP) is 3.78. The fraction of sp³-hybridized carbons (Fsp3) is 0.455. The Kier molecular flexibility index (Phi) is 6.59. The number of hydrogen-bond donors (Lipinski definition) is 1. The molecule has 0 amide bonds. The van der Waals surface area contributed by atoms with E-state index in [1.807, 2.05) is 35.7 Å². The van der Waals surface area contributed by atoms with Crippen LogP contribution in [0.1, 0.15) is 25.1 Å². The van der Waals surface area contributed by atoms with E-state index in [1.54, 1.807) is 14.2 Å². The van der Waals surface area contributed by atoms with Gasteiger partial charge in [-0.05, 0) is 45.1 Å². The van der Waals surface area contributed by atoms with Crippen LogP contribution >= 0.6 is 0 Å². The second-order valence-corrected chi connectivity index (χ2v) is 7.02. The largest absolute Gasteiger partial charge is 0.493 e. The molecule has 0 atom stereocenters. The number of rotatable bonds is 9. The molecule has 0 saturated heterocycles. The van der Waals surface area contributed by atoms with Crippen molar-refractivity contribution in [1.82, 2.24) is 19.5 Å². The van der Waals surface area contributed by atoms with Gasteiger partial charge in [-0.2, -0.15) is 9.61 Å². The standard InChI is InChI=1S/C22H31N5O2/c1-7-26(8-2)12-11-23-20-13-15(3)24-22-16(4)21(25-27(20)22)17-9-10-18(28-5)19(14-17)29-6/h9-10,13-14,23H,7-8,11-12H2,1-6H3. The van der Waals surface area contributed by atoms with Crippen LogP contribution in [-0.4, -0.2) is 59.9 Å². The summed E-state index contributed by atoms with van der Waals surface area (Å²) in [6.45, 7) is 12.4. The van der Waals surface area contributed by atoms with Crippen molar-refractivity contribution in [1.29, 1.82) is 0 Å². The van der Waals surface area contributed by atoms with Gasteiger partial charge < -0.3 is 19.7 Å². The summed E-state index contributed by atoms with van der Waals surface area (Å²) in [5.74, 6) is 2.34. The Morgan fingerprint density at radius 1 is 1.03 bits per heavy atom. The summed E-state index contributed by atoms with van der Waals surface area (Å²) in [5, 5.41) is 8.41. The van der Waals surface area contributed by atoms with Gasteiger partial charge in [0.2, 0.25) is 0 Å². The van der Waals surface area contributed by atoms with Crippen LogP contribution in [0.15, 0.2) is 24.3 Å². The lowest BCUT2D eigenvalue weighted by atomic mass is 10.1. The van der Waals surface area contributed by atoms with E-state index in [0.29, 0.717) is 11.5 Å². The lowest BCUT2D eigenvalue weighted by Crippen LogP contribution is -2.29. The predicted molar refractivity (Wildman–Crippen MR) is 117 cm³/mol. The molecular weight excluding hydrogens is 366 g/mol. The maximum absolute atomic E-state index is 5.46. The van der Waals surface area contributed by atoms with Crippen LogP contribution in [0.3, 0.4) is 0 Å². The first-order valence-corrected chi connectivity index (χ1v) is 10.1. The van der Waals surface area contributed by atoms with Gasteiger partial charge in [-0.3, -0.25) is 0 Å². The molecule has 0 saturated carbocycles. The zero-order chi connectivity index (χ0) is 21.0. The van der Waals surface area contributed by atoms with E-state index in [9.17, 15) is 0 Å². The van der Waals surface area contributed by atoms with Gasteiger partial charge in [-0.15, -0.1) is 0 Å². The summed E-state index contributed by atoms with van der Waals surface area (Å²) >= 11 is 0. The first kappa shape index (κ1) is 20.9. The van der Waals surface area contributed by atoms with Crippen molar-refractivity contribution in [2.45, 2.75) is 27.7 Å². The minimum Gasteiger partial charge on any atom is -0.493 e. The highest BCUT2D eigenvalue weighted by Gasteiger charge is 2.17. The third-order valence-corrected chi connectivity index (χ3v) is 5.23. The molecule has 0 aliphatic rings. The average Bonchev–Trinajstić information content (AvgIpc) is 3.07. The molecule has 2 heterocycles. The van der Waals surface area contributed by atoms with E-state index < -0.39 is 0 Å². The third-order valence-electron chi connectivity index (χ3n) is 5.23. The van der Waals surface area contributed by atoms with Gasteiger partial charge >= 0.3 is 0 Å². The highest BCUT2D eigenvalue weighted by molar-refractivity contribution is 5.73. The minimum absolute atomic E-state index is 0.683. The summed E-state index contributed by atoms with van der Waals surface area (Å²) in [5.41, 5.74) is 4.71. The Labute approximate surface area is 172 Å². The number of likely N-dealkylation sites (N-methyl/N-ethyl adjacent to an activating group) is 1. The number of hydrogen-bond acceptors (Lipinski definition) is 6. The Bertz CT molecular complexity index is 979. The molecule has 2 aromatic heterocycles. The van der Waals surface area contributed by atoms with E-state index >= 15 is 0 Å². The van der Waals surface area contributed by atoms with Gasteiger partial charge in [0.1, 0.15) is 5.82 Å². The van der Waals surface area contributed by atoms with Gasteiger partial charge in [0, 0.05) is 36.0 Å². The van der Waals surface area contributed by atoms with Crippen molar-refractivity contribution in [3.8, 4) is 22.8 Å². The number of anilines is 1. The second kappa shape index (κ2) is 9.13. The molecule has 3 aromatic rings. The smallest absolute Gasteiger partial charge is 0.161 e. The van der Waals surface area contributed by atoms with E-state index in [2.05, 4.69) is 31.0 Å². The molecule has 29 heavy (non-hydrogen) atoms. The van der Waals surface area contributed by atoms with Gasteiger partial charge in [0.25, 0.3) is 0 Å². The number of ether oxygens (including phenoxy) is 2. The summed E-state index contributed by atoms with van der Waals surface area (Å²) in [4.78, 5) is 7.12. The van der Waals surface area contributed by atoms with Crippen LogP contribution in [0.4, 0.5) is 5.82 Å². The number of methoxy groups -OCH3 is 2. The average molecular weight is 398 g/mol. The summed E-state index contributed by atoms with van der Waals surface area (Å²) in [7, 11) is 3.28. The number of nitrogens with zero attached hydrogens (tertiary/aromatic N) is 4. The van der Waals surface area contributed by atoms with E-state index in [0.717, 1.165) is 60.2 Å². The topological polar surface area (TPSA) is 63.9 Å². The van der Waals surface area contributed by atoms with Crippen molar-refractivity contribution in [2.24, 2.45) is 0 Å². The number of aromatic nitrogens is 3. The van der Waals surface area contributed by atoms with Crippen LogP contribution in [0, 0.1) is 13.8 Å². The van der Waals surface area contributed by atoms with E-state index in [4.69, 9.17) is 19.6 Å². The van der Waals surface area contributed by atoms with Crippen LogP contribution in [0.5, 0.6) is 11.5 Å². The Morgan fingerprint density at radius 2 is 1.76 bits per heavy atom. The molecule has 156 valence electrons. The normalized spacial score (nSPS) is 11.3. The Morgan fingerprint density at radius 3 is 2.41 bits per heavy atom. The molecule has 1 aromatic carbocycles. The monoisotopic (exact) mass is 397 g/mol. The molecule has 1 N–H and O–H groups in total. The van der Waals surface area contributed by atoms with Crippen LogP contribution < -0.4 is 14.8 Å². The molecule has 3 rings (SSSR count). The fourth-order valence-electron chi connectivity index (χ4n) is 3.51. The first-order valence-electron chi connectivity index (χ1n) is 10.1. The zero-order valence-corrected chi connectivity index (χ0v) is 18.2. The summed E-state index contributed by atoms with van der Waals surface area (Å²) < 4.78 is 12.7. The van der Waals surface area contributed by atoms with Crippen LogP contribution in [0.25, 0.3) is 16.9 Å². The van der Waals surface area contributed by atoms with Crippen LogP contribution in [-0.2, 0) is 0 Å². The molecule has 0 aliphatic carbocycles. The molecule has 0 fully saturated rings. The first-order chi connectivity index (χ1) is 14.0. The lowest BCUT2D eigenvalue weighted by molar-refractivity contribution is 0.316. The van der Waals surface area contributed by atoms with Gasteiger partial charge in [0.15, 0.2) is 17.1 Å². The molecule has 0 spiro atoms. The summed E-state index contributed by atoms with van der Waals surface area (Å²) in [6, 6.07) is 7.89. The number of benzene rings is 1. The van der Waals surface area contributed by atoms with E-state index in [1.165, 1.54) is 0 Å². The lowest BCUT2D eigenvalue weighted by Gasteiger charge is -2.18. The number of nitrogens with one attached hydrogen (secondary N) is 1. The van der Waals surface area contributed by atoms with E-state index in [-0.39, 0.29) is 0 Å². The van der Waals surface area contributed by atoms with Gasteiger partial charge in [-0.1, -0.05) is 13.8 Å². The minimum atomic E-state index is 0.683. The fourth-order valence-corrected chi connectivity index (χ4v) is 3.51. The molecule has 0 bridgehead atoms. The quantitative estimate of drug-likeness (QED) is 0.593. The summed E-state index contributed by atoms with van der Waals surface area (Å²) in [6.07, 6.45) is 0. The van der Waals surface area contributed by atoms with Crippen molar-refractivity contribution in [3.63, 3.8) is 0 Å². The van der Waals surface area contributed by atoms with Crippen molar-refractivity contribution < 1.29 is 9.47 Å². The Balaban J connectivity index is 1.98. The van der Waals surface area contributed by atoms with Crippen LogP contribution in [0.2, 0.25) is 0 Å².